The molecule has 0 aromatic heterocycles. The van der Waals surface area contributed by atoms with Crippen LogP contribution in [0.15, 0.2) is 23.8 Å². The first-order valence-corrected chi connectivity index (χ1v) is 6.35. The van der Waals surface area contributed by atoms with Crippen LogP contribution in [0.3, 0.4) is 0 Å². The normalized spacial score (nSPS) is 25.5. The second-order valence-corrected chi connectivity index (χ2v) is 5.65. The molecule has 17 heavy (non-hydrogen) atoms. The van der Waals surface area contributed by atoms with E-state index in [0.717, 1.165) is 0 Å². The third kappa shape index (κ3) is 4.03. The van der Waals surface area contributed by atoms with Gasteiger partial charge in [0.2, 0.25) is 0 Å². The fraction of sp³-hybridized carbons (Fsp3) is 0.667. The maximum absolute atomic E-state index is 10.8. The molecule has 0 amide bonds. The molecular formula is C15H24O2. The minimum absolute atomic E-state index is 0.141. The number of rotatable bonds is 3. The molecule has 0 saturated heterocycles. The number of carbonyl (C=O) groups is 1. The van der Waals surface area contributed by atoms with Gasteiger partial charge in [-0.3, -0.25) is 4.79 Å². The van der Waals surface area contributed by atoms with Gasteiger partial charge in [-0.1, -0.05) is 31.6 Å². The number of hydrogen-bond acceptors (Lipinski definition) is 2. The summed E-state index contributed by atoms with van der Waals surface area (Å²) < 4.78 is 5.10. The molecule has 0 unspecified atom stereocenters. The van der Waals surface area contributed by atoms with Gasteiger partial charge in [0.25, 0.3) is 0 Å². The Morgan fingerprint density at radius 2 is 2.24 bits per heavy atom. The Morgan fingerprint density at radius 3 is 2.76 bits per heavy atom. The van der Waals surface area contributed by atoms with Gasteiger partial charge in [0.15, 0.2) is 0 Å². The Bertz CT molecular complexity index is 337. The average molecular weight is 236 g/mol. The molecule has 2 nitrogen and oxygen atoms in total. The van der Waals surface area contributed by atoms with Crippen molar-refractivity contribution in [1.29, 1.82) is 0 Å². The maximum Gasteiger partial charge on any atom is 0.303 e. The van der Waals surface area contributed by atoms with Gasteiger partial charge >= 0.3 is 5.97 Å². The Kier molecular flexibility index (Phi) is 4.55. The van der Waals surface area contributed by atoms with Gasteiger partial charge in [-0.25, -0.2) is 0 Å². The molecule has 0 aromatic rings. The highest BCUT2D eigenvalue weighted by Gasteiger charge is 2.30. The number of carbonyl (C=O) groups excluding carboxylic acids is 1. The zero-order valence-electron chi connectivity index (χ0n) is 11.6. The second kappa shape index (κ2) is 5.52. The Hall–Kier alpha value is -1.05. The van der Waals surface area contributed by atoms with Crippen LogP contribution in [0.25, 0.3) is 0 Å². The van der Waals surface area contributed by atoms with Gasteiger partial charge in [0.05, 0.1) is 0 Å². The molecule has 2 heteroatoms. The summed E-state index contributed by atoms with van der Waals surface area (Å²) in [4.78, 5) is 10.8. The van der Waals surface area contributed by atoms with Crippen LogP contribution in [-0.2, 0) is 9.53 Å². The van der Waals surface area contributed by atoms with E-state index in [-0.39, 0.29) is 12.1 Å². The molecule has 0 bridgehead atoms. The van der Waals surface area contributed by atoms with Crippen molar-refractivity contribution in [2.75, 3.05) is 0 Å². The van der Waals surface area contributed by atoms with Gasteiger partial charge in [0.1, 0.15) is 6.10 Å². The summed E-state index contributed by atoms with van der Waals surface area (Å²) in [5.74, 6) is 0.228. The van der Waals surface area contributed by atoms with Crippen LogP contribution < -0.4 is 0 Å². The lowest BCUT2D eigenvalue weighted by atomic mass is 9.68. The Balaban J connectivity index is 2.71. The highest BCUT2D eigenvalue weighted by molar-refractivity contribution is 5.66. The van der Waals surface area contributed by atoms with Crippen molar-refractivity contribution in [3.05, 3.63) is 23.8 Å². The highest BCUT2D eigenvalue weighted by atomic mass is 16.5. The average Bonchev–Trinajstić information content (AvgIpc) is 2.14. The molecule has 1 aliphatic carbocycles. The van der Waals surface area contributed by atoms with Crippen LogP contribution in [0.2, 0.25) is 0 Å². The second-order valence-electron chi connectivity index (χ2n) is 5.65. The lowest BCUT2D eigenvalue weighted by Gasteiger charge is -2.36. The summed E-state index contributed by atoms with van der Waals surface area (Å²) >= 11 is 0. The van der Waals surface area contributed by atoms with Crippen molar-refractivity contribution in [2.24, 2.45) is 11.3 Å². The minimum Gasteiger partial charge on any atom is -0.459 e. The van der Waals surface area contributed by atoms with E-state index in [1.165, 1.54) is 25.3 Å². The van der Waals surface area contributed by atoms with Crippen LogP contribution in [0, 0.1) is 11.3 Å². The highest BCUT2D eigenvalue weighted by Crippen LogP contribution is 2.41. The third-order valence-corrected chi connectivity index (χ3v) is 3.51. The van der Waals surface area contributed by atoms with E-state index in [4.69, 9.17) is 4.74 Å². The fourth-order valence-electron chi connectivity index (χ4n) is 2.55. The van der Waals surface area contributed by atoms with E-state index in [2.05, 4.69) is 32.9 Å². The van der Waals surface area contributed by atoms with E-state index in [0.29, 0.717) is 11.3 Å². The van der Waals surface area contributed by atoms with Crippen LogP contribution in [-0.4, -0.2) is 12.1 Å². The zero-order chi connectivity index (χ0) is 13.1. The van der Waals surface area contributed by atoms with Gasteiger partial charge in [0, 0.05) is 12.8 Å². The summed E-state index contributed by atoms with van der Waals surface area (Å²) in [7, 11) is 0. The molecule has 2 atom stereocenters. The predicted molar refractivity (Wildman–Crippen MR) is 70.6 cm³/mol. The molecule has 0 N–H and O–H groups in total. The predicted octanol–water partition coefficient (Wildman–Crippen LogP) is 3.88. The number of allylic oxidation sites excluding steroid dienone is 3. The lowest BCUT2D eigenvalue weighted by Crippen LogP contribution is -2.26. The topological polar surface area (TPSA) is 26.3 Å². The fourth-order valence-corrected chi connectivity index (χ4v) is 2.55. The standard InChI is InChI=1S/C15H24O2/c1-11-7-6-10-15(4,5)14(11)9-8-12(2)17-13(3)16/h7-9,12,14H,6,10H2,1-5H3/b9-8+/t12-,14+/m1/s1. The SMILES string of the molecule is CC(=O)O[C@H](C)/C=C/[C@H]1C(C)=CCCC1(C)C. The van der Waals surface area contributed by atoms with Crippen LogP contribution in [0.5, 0.6) is 0 Å². The number of esters is 1. The van der Waals surface area contributed by atoms with Crippen LogP contribution >= 0.6 is 0 Å². The Morgan fingerprint density at radius 1 is 1.59 bits per heavy atom. The Labute approximate surface area is 105 Å². The van der Waals surface area contributed by atoms with E-state index in [9.17, 15) is 4.79 Å². The van der Waals surface area contributed by atoms with Crippen molar-refractivity contribution in [3.63, 3.8) is 0 Å². The molecule has 0 spiro atoms. The van der Waals surface area contributed by atoms with E-state index < -0.39 is 0 Å². The summed E-state index contributed by atoms with van der Waals surface area (Å²) in [6.07, 6.45) is 8.74. The molecule has 1 rings (SSSR count). The molecule has 0 fully saturated rings. The molecule has 0 heterocycles. The van der Waals surface area contributed by atoms with Gasteiger partial charge in [-0.05, 0) is 38.2 Å². The van der Waals surface area contributed by atoms with E-state index >= 15 is 0 Å². The first-order chi connectivity index (χ1) is 7.83. The van der Waals surface area contributed by atoms with Crippen molar-refractivity contribution >= 4 is 5.97 Å². The molecule has 96 valence electrons. The maximum atomic E-state index is 10.8. The molecule has 1 aliphatic rings. The molecule has 0 aromatic carbocycles. The first-order valence-electron chi connectivity index (χ1n) is 6.35. The van der Waals surface area contributed by atoms with Crippen molar-refractivity contribution in [1.82, 2.24) is 0 Å². The quantitative estimate of drug-likeness (QED) is 0.549. The largest absolute Gasteiger partial charge is 0.459 e. The van der Waals surface area contributed by atoms with Crippen LogP contribution in [0.1, 0.15) is 47.5 Å². The minimum atomic E-state index is -0.225. The molecule has 0 radical (unpaired) electrons. The smallest absolute Gasteiger partial charge is 0.303 e. The molecular weight excluding hydrogens is 212 g/mol. The van der Waals surface area contributed by atoms with Gasteiger partial charge in [-0.15, -0.1) is 0 Å². The summed E-state index contributed by atoms with van der Waals surface area (Å²) in [6, 6.07) is 0. The van der Waals surface area contributed by atoms with E-state index in [1.54, 1.807) is 0 Å². The third-order valence-electron chi connectivity index (χ3n) is 3.51. The van der Waals surface area contributed by atoms with Gasteiger partial charge in [-0.2, -0.15) is 0 Å². The molecule has 0 aliphatic heterocycles. The van der Waals surface area contributed by atoms with Crippen molar-refractivity contribution < 1.29 is 9.53 Å². The van der Waals surface area contributed by atoms with Gasteiger partial charge < -0.3 is 4.74 Å². The number of ether oxygens (including phenoxy) is 1. The first kappa shape index (κ1) is 14.0. The lowest BCUT2D eigenvalue weighted by molar-refractivity contribution is -0.143. The van der Waals surface area contributed by atoms with E-state index in [1.807, 2.05) is 13.0 Å². The van der Waals surface area contributed by atoms with Crippen molar-refractivity contribution in [3.8, 4) is 0 Å². The van der Waals surface area contributed by atoms with Crippen LogP contribution in [0.4, 0.5) is 0 Å². The molecule has 0 saturated carbocycles. The van der Waals surface area contributed by atoms with Crippen molar-refractivity contribution in [2.45, 2.75) is 53.6 Å². The summed E-state index contributed by atoms with van der Waals surface area (Å²) in [5, 5.41) is 0. The number of hydrogen-bond donors (Lipinski definition) is 0. The summed E-state index contributed by atoms with van der Waals surface area (Å²) in [6.45, 7) is 10.1. The monoisotopic (exact) mass is 236 g/mol. The summed E-state index contributed by atoms with van der Waals surface area (Å²) in [5.41, 5.74) is 1.72. The zero-order valence-corrected chi connectivity index (χ0v) is 11.6.